The Morgan fingerprint density at radius 2 is 1.31 bits per heavy atom. The molecule has 0 bridgehead atoms. The fourth-order valence-corrected chi connectivity index (χ4v) is 4.51. The first-order chi connectivity index (χ1) is 17.4. The maximum atomic E-state index is 11.7. The molecule has 9 heteroatoms. The molecule has 0 amide bonds. The third kappa shape index (κ3) is 26.3. The summed E-state index contributed by atoms with van der Waals surface area (Å²) in [5.41, 5.74) is 5.18. The van der Waals surface area contributed by atoms with Crippen molar-refractivity contribution >= 4 is 13.8 Å². The first-order valence-corrected chi connectivity index (χ1v) is 15.7. The quantitative estimate of drug-likeness (QED) is 0.0466. The number of phosphoric ester groups is 1. The fourth-order valence-electron chi connectivity index (χ4n) is 3.74. The molecule has 0 saturated carbocycles. The van der Waals surface area contributed by atoms with Gasteiger partial charge in [0.15, 0.2) is 0 Å². The van der Waals surface area contributed by atoms with E-state index in [-0.39, 0.29) is 25.7 Å². The van der Waals surface area contributed by atoms with Crippen LogP contribution in [0.15, 0.2) is 12.2 Å². The largest absolute Gasteiger partial charge is 0.472 e. The topological polar surface area (TPSA) is 128 Å². The molecule has 0 aromatic rings. The standard InChI is InChI=1S/C27H54NO7P/c1-2-3-4-5-6-7-8-9-10-11-12-13-14-15-16-17-18-19-20-21-27(30)33-24-26(29)25-35-36(31,32)34-23-22-28/h11-12,26,29H,2-10,13-25,28H2,1H3,(H,31,32)/b12-11-/t26-/m1/s1. The van der Waals surface area contributed by atoms with E-state index >= 15 is 0 Å². The van der Waals surface area contributed by atoms with Gasteiger partial charge in [-0.2, -0.15) is 0 Å². The molecule has 0 rings (SSSR count). The van der Waals surface area contributed by atoms with E-state index in [1.807, 2.05) is 0 Å². The molecule has 214 valence electrons. The van der Waals surface area contributed by atoms with E-state index in [2.05, 4.69) is 28.1 Å². The third-order valence-corrected chi connectivity index (χ3v) is 6.87. The van der Waals surface area contributed by atoms with Crippen molar-refractivity contribution in [2.24, 2.45) is 5.73 Å². The Morgan fingerprint density at radius 1 is 0.806 bits per heavy atom. The third-order valence-electron chi connectivity index (χ3n) is 5.88. The molecule has 0 fully saturated rings. The van der Waals surface area contributed by atoms with E-state index in [1.54, 1.807) is 0 Å². The summed E-state index contributed by atoms with van der Waals surface area (Å²) in [7, 11) is -4.24. The molecular formula is C27H54NO7P. The summed E-state index contributed by atoms with van der Waals surface area (Å²) in [6.45, 7) is 1.45. The summed E-state index contributed by atoms with van der Waals surface area (Å²) >= 11 is 0. The van der Waals surface area contributed by atoms with E-state index in [0.717, 1.165) is 19.3 Å². The molecule has 1 unspecified atom stereocenters. The molecule has 4 N–H and O–H groups in total. The zero-order chi connectivity index (χ0) is 26.7. The molecule has 0 saturated heterocycles. The monoisotopic (exact) mass is 535 g/mol. The van der Waals surface area contributed by atoms with Crippen LogP contribution in [0.4, 0.5) is 0 Å². The molecular weight excluding hydrogens is 481 g/mol. The van der Waals surface area contributed by atoms with Crippen molar-refractivity contribution in [1.29, 1.82) is 0 Å². The van der Waals surface area contributed by atoms with Crippen LogP contribution >= 0.6 is 7.82 Å². The van der Waals surface area contributed by atoms with Crippen LogP contribution in [0, 0.1) is 0 Å². The molecule has 0 aromatic carbocycles. The van der Waals surface area contributed by atoms with E-state index < -0.39 is 20.5 Å². The summed E-state index contributed by atoms with van der Waals surface area (Å²) in [4.78, 5) is 21.1. The number of rotatable bonds is 27. The van der Waals surface area contributed by atoms with Crippen molar-refractivity contribution in [3.63, 3.8) is 0 Å². The second-order valence-corrected chi connectivity index (χ2v) is 10.9. The van der Waals surface area contributed by atoms with Crippen LogP contribution in [0.5, 0.6) is 0 Å². The van der Waals surface area contributed by atoms with Crippen molar-refractivity contribution in [3.8, 4) is 0 Å². The zero-order valence-corrected chi connectivity index (χ0v) is 23.6. The van der Waals surface area contributed by atoms with E-state index in [1.165, 1.54) is 89.9 Å². The van der Waals surface area contributed by atoms with Gasteiger partial charge in [-0.3, -0.25) is 13.8 Å². The summed E-state index contributed by atoms with van der Waals surface area (Å²) < 4.78 is 25.6. The lowest BCUT2D eigenvalue weighted by molar-refractivity contribution is -0.147. The van der Waals surface area contributed by atoms with Crippen LogP contribution in [-0.4, -0.2) is 48.4 Å². The minimum Gasteiger partial charge on any atom is -0.463 e. The Hall–Kier alpha value is -0.760. The first kappa shape index (κ1) is 35.2. The number of ether oxygens (including phenoxy) is 1. The maximum absolute atomic E-state index is 11.7. The lowest BCUT2D eigenvalue weighted by atomic mass is 10.1. The molecule has 0 aliphatic heterocycles. The summed E-state index contributed by atoms with van der Waals surface area (Å²) in [6, 6.07) is 0. The number of hydrogen-bond acceptors (Lipinski definition) is 7. The minimum atomic E-state index is -4.24. The number of aliphatic hydroxyl groups is 1. The number of phosphoric acid groups is 1. The Morgan fingerprint density at radius 3 is 1.83 bits per heavy atom. The average Bonchev–Trinajstić information content (AvgIpc) is 2.86. The Bertz CT molecular complexity index is 574. The Labute approximate surface area is 220 Å². The lowest BCUT2D eigenvalue weighted by Crippen LogP contribution is -2.23. The van der Waals surface area contributed by atoms with Gasteiger partial charge in [-0.05, 0) is 32.1 Å². The van der Waals surface area contributed by atoms with Crippen LogP contribution in [0.3, 0.4) is 0 Å². The van der Waals surface area contributed by atoms with Gasteiger partial charge in [-0.1, -0.05) is 96.1 Å². The fraction of sp³-hybridized carbons (Fsp3) is 0.889. The SMILES string of the molecule is CCCCCCCCCC/C=C\CCCCCCCCCC(=O)OC[C@@H](O)COP(=O)(O)OCCN. The molecule has 0 radical (unpaired) electrons. The number of allylic oxidation sites excluding steroid dienone is 2. The van der Waals surface area contributed by atoms with Crippen LogP contribution in [-0.2, 0) is 23.1 Å². The maximum Gasteiger partial charge on any atom is 0.472 e. The molecule has 8 nitrogen and oxygen atoms in total. The number of hydrogen-bond donors (Lipinski definition) is 3. The summed E-state index contributed by atoms with van der Waals surface area (Å²) in [6.07, 6.45) is 24.9. The van der Waals surface area contributed by atoms with Crippen LogP contribution in [0.2, 0.25) is 0 Å². The van der Waals surface area contributed by atoms with Crippen molar-refractivity contribution < 1.29 is 33.1 Å². The summed E-state index contributed by atoms with van der Waals surface area (Å²) in [5.74, 6) is -0.389. The molecule has 0 aliphatic carbocycles. The van der Waals surface area contributed by atoms with Gasteiger partial charge in [0.25, 0.3) is 0 Å². The Balaban J connectivity index is 3.41. The summed E-state index contributed by atoms with van der Waals surface area (Å²) in [5, 5.41) is 9.70. The molecule has 2 atom stereocenters. The highest BCUT2D eigenvalue weighted by atomic mass is 31.2. The second kappa shape index (κ2) is 25.9. The molecule has 0 heterocycles. The molecule has 36 heavy (non-hydrogen) atoms. The van der Waals surface area contributed by atoms with Crippen LogP contribution in [0.1, 0.15) is 122 Å². The minimum absolute atomic E-state index is 0.0746. The van der Waals surface area contributed by atoms with Gasteiger partial charge in [0.1, 0.15) is 12.7 Å². The smallest absolute Gasteiger partial charge is 0.463 e. The van der Waals surface area contributed by atoms with Crippen molar-refractivity contribution in [2.45, 2.75) is 129 Å². The number of carbonyl (C=O) groups is 1. The van der Waals surface area contributed by atoms with E-state index in [4.69, 9.17) is 10.5 Å². The number of aliphatic hydroxyl groups excluding tert-OH is 1. The number of carbonyl (C=O) groups excluding carboxylic acids is 1. The van der Waals surface area contributed by atoms with Gasteiger partial charge in [0, 0.05) is 13.0 Å². The second-order valence-electron chi connectivity index (χ2n) is 9.47. The number of esters is 1. The van der Waals surface area contributed by atoms with Gasteiger partial charge in [-0.25, -0.2) is 4.57 Å². The van der Waals surface area contributed by atoms with Crippen molar-refractivity contribution in [1.82, 2.24) is 0 Å². The zero-order valence-electron chi connectivity index (χ0n) is 22.7. The molecule has 0 aromatic heterocycles. The normalized spacial score (nSPS) is 14.2. The van der Waals surface area contributed by atoms with Gasteiger partial charge in [-0.15, -0.1) is 0 Å². The van der Waals surface area contributed by atoms with Crippen LogP contribution < -0.4 is 5.73 Å². The highest BCUT2D eigenvalue weighted by molar-refractivity contribution is 7.47. The highest BCUT2D eigenvalue weighted by Gasteiger charge is 2.22. The van der Waals surface area contributed by atoms with Gasteiger partial charge in [0.05, 0.1) is 13.2 Å². The van der Waals surface area contributed by atoms with Crippen LogP contribution in [0.25, 0.3) is 0 Å². The van der Waals surface area contributed by atoms with Crippen molar-refractivity contribution in [3.05, 3.63) is 12.2 Å². The Kier molecular flexibility index (Phi) is 25.3. The predicted molar refractivity (Wildman–Crippen MR) is 146 cm³/mol. The van der Waals surface area contributed by atoms with E-state index in [0.29, 0.717) is 6.42 Å². The lowest BCUT2D eigenvalue weighted by Gasteiger charge is -2.15. The van der Waals surface area contributed by atoms with Crippen molar-refractivity contribution in [2.75, 3.05) is 26.4 Å². The molecule has 0 aliphatic rings. The first-order valence-electron chi connectivity index (χ1n) is 14.2. The predicted octanol–water partition coefficient (Wildman–Crippen LogP) is 6.58. The average molecular weight is 536 g/mol. The molecule has 0 spiro atoms. The van der Waals surface area contributed by atoms with Gasteiger partial charge in [0.2, 0.25) is 0 Å². The van der Waals surface area contributed by atoms with Gasteiger partial charge >= 0.3 is 13.8 Å². The number of nitrogens with two attached hydrogens (primary N) is 1. The number of unbranched alkanes of at least 4 members (excludes halogenated alkanes) is 15. The van der Waals surface area contributed by atoms with Gasteiger partial charge < -0.3 is 20.5 Å². The van der Waals surface area contributed by atoms with E-state index in [9.17, 15) is 19.4 Å². The highest BCUT2D eigenvalue weighted by Crippen LogP contribution is 2.42.